The van der Waals surface area contributed by atoms with Crippen molar-refractivity contribution in [3.63, 3.8) is 0 Å². The van der Waals surface area contributed by atoms with E-state index in [1.165, 1.54) is 26.2 Å². The van der Waals surface area contributed by atoms with Crippen LogP contribution in [0.5, 0.6) is 0 Å². The van der Waals surface area contributed by atoms with Gasteiger partial charge in [-0.2, -0.15) is 0 Å². The fourth-order valence-corrected chi connectivity index (χ4v) is 8.19. The van der Waals surface area contributed by atoms with Crippen LogP contribution in [0.3, 0.4) is 0 Å². The number of fused-ring (bicyclic) bond motifs is 5. The number of hydrogen-bond donors (Lipinski definition) is 0. The molecule has 0 heterocycles. The first kappa shape index (κ1) is 19.2. The highest BCUT2D eigenvalue weighted by Gasteiger charge is 2.61. The van der Waals surface area contributed by atoms with Crippen molar-refractivity contribution >= 4 is 11.8 Å². The average molecular weight is 373 g/mol. The van der Waals surface area contributed by atoms with Gasteiger partial charge in [-0.15, -0.1) is 0 Å². The van der Waals surface area contributed by atoms with Gasteiger partial charge in [0.15, 0.2) is 0 Å². The van der Waals surface area contributed by atoms with Crippen LogP contribution < -0.4 is 0 Å². The number of esters is 1. The fraction of sp³-hybridized carbons (Fsp3) is 0.833. The molecule has 4 aliphatic rings. The second-order valence-electron chi connectivity index (χ2n) is 10.6. The number of allylic oxidation sites excluding steroid dienone is 1. The molecule has 150 valence electrons. The van der Waals surface area contributed by atoms with Gasteiger partial charge in [0.25, 0.3) is 0 Å². The highest BCUT2D eigenvalue weighted by atomic mass is 16.5. The van der Waals surface area contributed by atoms with Gasteiger partial charge in [0.2, 0.25) is 0 Å². The third-order valence-corrected chi connectivity index (χ3v) is 9.17. The quantitative estimate of drug-likeness (QED) is 0.486. The summed E-state index contributed by atoms with van der Waals surface area (Å²) in [6, 6.07) is 0. The summed E-state index contributed by atoms with van der Waals surface area (Å²) in [5.74, 6) is 3.16. The van der Waals surface area contributed by atoms with Gasteiger partial charge in [0, 0.05) is 19.3 Å². The summed E-state index contributed by atoms with van der Waals surface area (Å²) >= 11 is 0. The Kier molecular flexibility index (Phi) is 4.59. The largest absolute Gasteiger partial charge is 0.462 e. The van der Waals surface area contributed by atoms with Gasteiger partial charge in [-0.05, 0) is 80.0 Å². The Bertz CT molecular complexity index is 679. The molecule has 0 N–H and O–H groups in total. The second-order valence-corrected chi connectivity index (χ2v) is 10.6. The van der Waals surface area contributed by atoms with Crippen LogP contribution in [-0.4, -0.2) is 17.9 Å². The Morgan fingerprint density at radius 2 is 1.85 bits per heavy atom. The molecule has 0 aromatic carbocycles. The van der Waals surface area contributed by atoms with E-state index in [1.807, 2.05) is 6.92 Å². The minimum absolute atomic E-state index is 0.0702. The molecule has 0 saturated heterocycles. The average Bonchev–Trinajstić information content (AvgIpc) is 2.85. The van der Waals surface area contributed by atoms with Crippen LogP contribution in [0.2, 0.25) is 0 Å². The summed E-state index contributed by atoms with van der Waals surface area (Å²) < 4.78 is 5.54. The van der Waals surface area contributed by atoms with Crippen molar-refractivity contribution in [3.05, 3.63) is 11.6 Å². The number of carbonyl (C=O) groups is 2. The highest BCUT2D eigenvalue weighted by molar-refractivity contribution is 5.80. The first-order chi connectivity index (χ1) is 12.7. The molecule has 0 spiro atoms. The Balaban J connectivity index is 1.61. The lowest BCUT2D eigenvalue weighted by molar-refractivity contribution is -0.149. The Morgan fingerprint density at radius 3 is 2.52 bits per heavy atom. The predicted molar refractivity (Wildman–Crippen MR) is 106 cm³/mol. The van der Waals surface area contributed by atoms with E-state index in [0.717, 1.165) is 37.5 Å². The van der Waals surface area contributed by atoms with Gasteiger partial charge >= 0.3 is 5.97 Å². The summed E-state index contributed by atoms with van der Waals surface area (Å²) in [5, 5.41) is 0. The summed E-state index contributed by atoms with van der Waals surface area (Å²) in [4.78, 5) is 23.8. The maximum absolute atomic E-state index is 12.4. The van der Waals surface area contributed by atoms with Crippen LogP contribution >= 0.6 is 0 Å². The van der Waals surface area contributed by atoms with E-state index in [9.17, 15) is 9.59 Å². The molecular formula is C24H36O3. The molecule has 0 radical (unpaired) electrons. The lowest BCUT2D eigenvalue weighted by atomic mass is 9.47. The van der Waals surface area contributed by atoms with Gasteiger partial charge in [-0.1, -0.05) is 32.4 Å². The molecule has 3 fully saturated rings. The third-order valence-electron chi connectivity index (χ3n) is 9.17. The number of carbonyl (C=O) groups excluding carboxylic acids is 2. The topological polar surface area (TPSA) is 43.4 Å². The van der Waals surface area contributed by atoms with Crippen molar-refractivity contribution in [2.45, 2.75) is 85.7 Å². The number of ketones is 1. The molecule has 3 heteroatoms. The van der Waals surface area contributed by atoms with Crippen LogP contribution in [0.1, 0.15) is 79.6 Å². The van der Waals surface area contributed by atoms with E-state index in [1.54, 1.807) is 5.57 Å². The van der Waals surface area contributed by atoms with Crippen LogP contribution in [0, 0.1) is 40.4 Å². The number of ether oxygens (including phenoxy) is 1. The maximum Gasteiger partial charge on any atom is 0.302 e. The van der Waals surface area contributed by atoms with Crippen LogP contribution in [0.4, 0.5) is 0 Å². The van der Waals surface area contributed by atoms with Crippen LogP contribution in [-0.2, 0) is 14.3 Å². The predicted octanol–water partition coefficient (Wildman–Crippen LogP) is 5.33. The van der Waals surface area contributed by atoms with Crippen molar-refractivity contribution in [1.82, 2.24) is 0 Å². The molecular weight excluding hydrogens is 336 g/mol. The Morgan fingerprint density at radius 1 is 1.11 bits per heavy atom. The van der Waals surface area contributed by atoms with E-state index < -0.39 is 0 Å². The van der Waals surface area contributed by atoms with E-state index in [0.29, 0.717) is 17.6 Å². The summed E-state index contributed by atoms with van der Waals surface area (Å²) in [5.41, 5.74) is 2.00. The molecule has 8 atom stereocenters. The molecule has 0 aromatic heterocycles. The normalized spacial score (nSPS) is 48.7. The van der Waals surface area contributed by atoms with Crippen LogP contribution in [0.25, 0.3) is 0 Å². The SMILES string of the molecule is CC(=O)O[C@H]1CC[C@@]2(C)C(=CC[C@H]3[C@@H]4C[C@@H](C)[C@H](C(C)=O)[C@@]4(C)CC[C@@H]32)C1. The lowest BCUT2D eigenvalue weighted by Crippen LogP contribution is -2.51. The Labute approximate surface area is 164 Å². The molecule has 3 nitrogen and oxygen atoms in total. The monoisotopic (exact) mass is 372 g/mol. The van der Waals surface area contributed by atoms with Crippen molar-refractivity contribution in [1.29, 1.82) is 0 Å². The summed E-state index contributed by atoms with van der Waals surface area (Å²) in [6.07, 6.45) is 10.4. The van der Waals surface area contributed by atoms with Crippen molar-refractivity contribution in [2.75, 3.05) is 0 Å². The molecule has 0 unspecified atom stereocenters. The summed E-state index contributed by atoms with van der Waals surface area (Å²) in [7, 11) is 0. The molecule has 4 rings (SSSR count). The molecule has 0 bridgehead atoms. The standard InChI is InChI=1S/C24H36O3/c1-14-12-21-19-7-6-17-13-18(27-16(3)26)8-10-23(17,4)20(19)9-11-24(21,5)22(14)15(2)25/h6,14,18-22H,7-13H2,1-5H3/t14-,18+,19-,20+,21+,22-,23+,24+/m1/s1. The summed E-state index contributed by atoms with van der Waals surface area (Å²) in [6.45, 7) is 10.5. The van der Waals surface area contributed by atoms with E-state index in [2.05, 4.69) is 26.8 Å². The smallest absolute Gasteiger partial charge is 0.302 e. The van der Waals surface area contributed by atoms with E-state index in [-0.39, 0.29) is 28.8 Å². The van der Waals surface area contributed by atoms with E-state index >= 15 is 0 Å². The number of Topliss-reactive ketones (excluding diaryl/α,β-unsaturated/α-hetero) is 1. The minimum atomic E-state index is -0.151. The fourth-order valence-electron chi connectivity index (χ4n) is 8.19. The van der Waals surface area contributed by atoms with Crippen molar-refractivity contribution in [3.8, 4) is 0 Å². The molecule has 4 aliphatic carbocycles. The lowest BCUT2D eigenvalue weighted by Gasteiger charge is -2.58. The number of hydrogen-bond acceptors (Lipinski definition) is 3. The highest BCUT2D eigenvalue weighted by Crippen LogP contribution is 2.67. The molecule has 0 aliphatic heterocycles. The molecule has 3 saturated carbocycles. The zero-order valence-electron chi connectivity index (χ0n) is 17.7. The zero-order valence-corrected chi connectivity index (χ0v) is 17.7. The molecule has 27 heavy (non-hydrogen) atoms. The molecule has 0 aromatic rings. The van der Waals surface area contributed by atoms with Gasteiger partial charge < -0.3 is 4.74 Å². The molecule has 0 amide bonds. The second kappa shape index (κ2) is 6.46. The maximum atomic E-state index is 12.4. The first-order valence-corrected chi connectivity index (χ1v) is 11.0. The third kappa shape index (κ3) is 2.83. The van der Waals surface area contributed by atoms with Crippen molar-refractivity contribution in [2.24, 2.45) is 40.4 Å². The zero-order chi connectivity index (χ0) is 19.6. The van der Waals surface area contributed by atoms with Crippen LogP contribution in [0.15, 0.2) is 11.6 Å². The van der Waals surface area contributed by atoms with Gasteiger partial charge in [0.05, 0.1) is 0 Å². The van der Waals surface area contributed by atoms with E-state index in [4.69, 9.17) is 4.74 Å². The van der Waals surface area contributed by atoms with Gasteiger partial charge in [-0.3, -0.25) is 9.59 Å². The van der Waals surface area contributed by atoms with Gasteiger partial charge in [-0.25, -0.2) is 0 Å². The Hall–Kier alpha value is -1.12. The number of rotatable bonds is 2. The van der Waals surface area contributed by atoms with Crippen molar-refractivity contribution < 1.29 is 14.3 Å². The first-order valence-electron chi connectivity index (χ1n) is 11.0. The van der Waals surface area contributed by atoms with Gasteiger partial charge in [0.1, 0.15) is 11.9 Å². The minimum Gasteiger partial charge on any atom is -0.462 e.